The van der Waals surface area contributed by atoms with Gasteiger partial charge in [0.05, 0.1) is 23.7 Å². The molecular formula is C15H20FNO6S2. The molecule has 0 bridgehead atoms. The Morgan fingerprint density at radius 2 is 1.84 bits per heavy atom. The van der Waals surface area contributed by atoms with E-state index in [1.807, 2.05) is 0 Å². The summed E-state index contributed by atoms with van der Waals surface area (Å²) in [4.78, 5) is 2.18. The average Bonchev–Trinajstić information content (AvgIpc) is 2.52. The van der Waals surface area contributed by atoms with Crippen LogP contribution >= 0.6 is 0 Å². The molecule has 2 aliphatic heterocycles. The van der Waals surface area contributed by atoms with Crippen molar-refractivity contribution in [2.75, 3.05) is 31.2 Å². The highest BCUT2D eigenvalue weighted by molar-refractivity contribution is 7.91. The summed E-state index contributed by atoms with van der Waals surface area (Å²) in [6.45, 7) is 2.53. The molecule has 2 fully saturated rings. The summed E-state index contributed by atoms with van der Waals surface area (Å²) in [6.07, 6.45) is 1.01. The molecule has 2 aliphatic rings. The largest absolute Gasteiger partial charge is 0.488 e. The van der Waals surface area contributed by atoms with Gasteiger partial charge < -0.3 is 8.92 Å². The summed E-state index contributed by atoms with van der Waals surface area (Å²) in [5.41, 5.74) is 0.513. The van der Waals surface area contributed by atoms with Crippen LogP contribution < -0.4 is 4.18 Å². The molecule has 1 aromatic rings. The van der Waals surface area contributed by atoms with Crippen LogP contribution in [-0.2, 0) is 31.6 Å². The zero-order valence-electron chi connectivity index (χ0n) is 13.6. The van der Waals surface area contributed by atoms with Gasteiger partial charge in [0.2, 0.25) is 0 Å². The molecular weight excluding hydrogens is 373 g/mol. The molecule has 7 nitrogen and oxygen atoms in total. The Labute approximate surface area is 147 Å². The lowest BCUT2D eigenvalue weighted by Crippen LogP contribution is -2.54. The fraction of sp³-hybridized carbons (Fsp3) is 0.600. The molecule has 25 heavy (non-hydrogen) atoms. The molecule has 0 N–H and O–H groups in total. The van der Waals surface area contributed by atoms with Gasteiger partial charge >= 0.3 is 10.5 Å². The molecule has 0 amide bonds. The van der Waals surface area contributed by atoms with E-state index in [9.17, 15) is 20.7 Å². The van der Waals surface area contributed by atoms with Crippen LogP contribution in [0.4, 0.5) is 3.89 Å². The van der Waals surface area contributed by atoms with Gasteiger partial charge in [-0.3, -0.25) is 4.90 Å². The lowest BCUT2D eigenvalue weighted by Gasteiger charge is -2.44. The molecule has 0 unspecified atom stereocenters. The molecule has 1 aromatic carbocycles. The minimum absolute atomic E-state index is 0.0813. The minimum Gasteiger partial charge on any atom is -0.372 e. The van der Waals surface area contributed by atoms with Gasteiger partial charge in [-0.25, -0.2) is 8.42 Å². The third kappa shape index (κ3) is 5.13. The van der Waals surface area contributed by atoms with Crippen LogP contribution in [-0.4, -0.2) is 58.5 Å². The van der Waals surface area contributed by atoms with Crippen LogP contribution in [0.5, 0.6) is 5.75 Å². The molecule has 0 aromatic heterocycles. The third-order valence-electron chi connectivity index (χ3n) is 4.59. The van der Waals surface area contributed by atoms with Crippen molar-refractivity contribution in [3.05, 3.63) is 29.8 Å². The van der Waals surface area contributed by atoms with Crippen LogP contribution in [0.3, 0.4) is 0 Å². The molecule has 0 aliphatic carbocycles. The van der Waals surface area contributed by atoms with Crippen molar-refractivity contribution in [2.24, 2.45) is 0 Å². The summed E-state index contributed by atoms with van der Waals surface area (Å²) >= 11 is 0. The molecule has 3 rings (SSSR count). The minimum atomic E-state index is -5.02. The zero-order chi connectivity index (χ0) is 18.1. The van der Waals surface area contributed by atoms with E-state index >= 15 is 0 Å². The van der Waals surface area contributed by atoms with Crippen molar-refractivity contribution in [1.82, 2.24) is 4.90 Å². The Kier molecular flexibility index (Phi) is 5.06. The topological polar surface area (TPSA) is 90.0 Å². The van der Waals surface area contributed by atoms with Crippen LogP contribution in [0, 0.1) is 0 Å². The summed E-state index contributed by atoms with van der Waals surface area (Å²) in [7, 11) is -7.97. The first kappa shape index (κ1) is 18.6. The molecule has 2 heterocycles. The Morgan fingerprint density at radius 1 is 1.20 bits per heavy atom. The second-order valence-electron chi connectivity index (χ2n) is 6.51. The number of sulfone groups is 1. The highest BCUT2D eigenvalue weighted by Gasteiger charge is 2.41. The molecule has 0 saturated carbocycles. The van der Waals surface area contributed by atoms with Crippen molar-refractivity contribution < 1.29 is 29.6 Å². The number of nitrogens with zero attached hydrogens (tertiary/aromatic N) is 1. The van der Waals surface area contributed by atoms with Crippen molar-refractivity contribution in [2.45, 2.75) is 25.0 Å². The Balaban J connectivity index is 1.61. The predicted molar refractivity (Wildman–Crippen MR) is 88.9 cm³/mol. The normalized spacial score (nSPS) is 23.4. The third-order valence-corrected chi connectivity index (χ3v) is 6.63. The Hall–Kier alpha value is -1.23. The molecule has 10 heteroatoms. The summed E-state index contributed by atoms with van der Waals surface area (Å²) < 4.78 is 66.8. The van der Waals surface area contributed by atoms with E-state index in [0.717, 1.165) is 12.1 Å². The zero-order valence-corrected chi connectivity index (χ0v) is 15.2. The van der Waals surface area contributed by atoms with Gasteiger partial charge in [-0.05, 0) is 30.5 Å². The summed E-state index contributed by atoms with van der Waals surface area (Å²) in [5, 5.41) is 0. The fourth-order valence-electron chi connectivity index (χ4n) is 3.29. The quantitative estimate of drug-likeness (QED) is 0.707. The maximum atomic E-state index is 12.5. The van der Waals surface area contributed by atoms with Gasteiger partial charge in [0.25, 0.3) is 0 Å². The lowest BCUT2D eigenvalue weighted by molar-refractivity contribution is -0.116. The summed E-state index contributed by atoms with van der Waals surface area (Å²) in [6, 6.07) is 6.15. The van der Waals surface area contributed by atoms with Crippen LogP contribution in [0.1, 0.15) is 18.4 Å². The van der Waals surface area contributed by atoms with Crippen LogP contribution in [0.25, 0.3) is 0 Å². The van der Waals surface area contributed by atoms with Gasteiger partial charge in [-0.15, -0.1) is 0 Å². The number of morpholine rings is 1. The van der Waals surface area contributed by atoms with Crippen molar-refractivity contribution in [3.63, 3.8) is 0 Å². The second-order valence-corrected chi connectivity index (χ2v) is 9.77. The van der Waals surface area contributed by atoms with Crippen LogP contribution in [0.15, 0.2) is 24.3 Å². The van der Waals surface area contributed by atoms with E-state index in [1.54, 1.807) is 12.1 Å². The van der Waals surface area contributed by atoms with E-state index in [-0.39, 0.29) is 17.3 Å². The van der Waals surface area contributed by atoms with Gasteiger partial charge in [-0.1, -0.05) is 16.0 Å². The maximum Gasteiger partial charge on any atom is 0.488 e. The number of hydrogen-bond donors (Lipinski definition) is 0. The number of hydrogen-bond acceptors (Lipinski definition) is 7. The monoisotopic (exact) mass is 393 g/mol. The van der Waals surface area contributed by atoms with Crippen molar-refractivity contribution in [1.29, 1.82) is 0 Å². The highest BCUT2D eigenvalue weighted by atomic mass is 32.3. The molecule has 1 spiro atoms. The number of rotatable bonds is 4. The first-order valence-electron chi connectivity index (χ1n) is 7.95. The van der Waals surface area contributed by atoms with Gasteiger partial charge in [0.1, 0.15) is 5.75 Å². The first-order chi connectivity index (χ1) is 11.6. The van der Waals surface area contributed by atoms with Gasteiger partial charge in [0, 0.05) is 19.6 Å². The number of benzene rings is 1. The SMILES string of the molecule is O=S1(=O)CCC2(CC1)CN(Cc1ccc(OS(=O)(=O)F)cc1)CCO2. The van der Waals surface area contributed by atoms with Crippen molar-refractivity contribution >= 4 is 20.3 Å². The predicted octanol–water partition coefficient (Wildman–Crippen LogP) is 1.06. The molecule has 2 saturated heterocycles. The van der Waals surface area contributed by atoms with E-state index in [1.165, 1.54) is 12.1 Å². The maximum absolute atomic E-state index is 12.5. The fourth-order valence-corrected chi connectivity index (χ4v) is 5.21. The first-order valence-corrected chi connectivity index (χ1v) is 11.1. The van der Waals surface area contributed by atoms with Crippen molar-refractivity contribution in [3.8, 4) is 5.75 Å². The molecule has 0 atom stereocenters. The molecule has 140 valence electrons. The van der Waals surface area contributed by atoms with E-state index in [2.05, 4.69) is 9.08 Å². The van der Waals surface area contributed by atoms with E-state index < -0.39 is 25.9 Å². The highest BCUT2D eigenvalue weighted by Crippen LogP contribution is 2.31. The van der Waals surface area contributed by atoms with Crippen LogP contribution in [0.2, 0.25) is 0 Å². The Bertz CT molecular complexity index is 808. The smallest absolute Gasteiger partial charge is 0.372 e. The van der Waals surface area contributed by atoms with Gasteiger partial charge in [0.15, 0.2) is 9.84 Å². The second kappa shape index (κ2) is 6.82. The Morgan fingerprint density at radius 3 is 2.44 bits per heavy atom. The summed E-state index contributed by atoms with van der Waals surface area (Å²) in [5.74, 6) is 0.233. The molecule has 0 radical (unpaired) electrons. The lowest BCUT2D eigenvalue weighted by atomic mass is 9.94. The average molecular weight is 393 g/mol. The number of halogens is 1. The standard InChI is InChI=1S/C15H20FNO6S2/c16-25(20,21)23-14-3-1-13(2-4-14)11-17-7-8-22-15(12-17)5-9-24(18,19)10-6-15/h1-4H,5-12H2. The number of ether oxygens (including phenoxy) is 1. The van der Waals surface area contributed by atoms with E-state index in [0.29, 0.717) is 32.5 Å². The van der Waals surface area contributed by atoms with E-state index in [4.69, 9.17) is 4.74 Å². The van der Waals surface area contributed by atoms with Gasteiger partial charge in [-0.2, -0.15) is 8.42 Å².